The van der Waals surface area contributed by atoms with Crippen LogP contribution in [0.2, 0.25) is 32.7 Å². The van der Waals surface area contributed by atoms with Crippen LogP contribution in [0.4, 0.5) is 0 Å². The third-order valence-corrected chi connectivity index (χ3v) is 18.5. The van der Waals surface area contributed by atoms with Crippen molar-refractivity contribution in [2.75, 3.05) is 19.8 Å². The maximum Gasteiger partial charge on any atom is 0.173 e. The second kappa shape index (κ2) is 9.35. The van der Waals surface area contributed by atoms with E-state index in [0.717, 1.165) is 6.61 Å². The Balaban J connectivity index is 0. The van der Waals surface area contributed by atoms with Crippen LogP contribution < -0.4 is 0 Å². The Labute approximate surface area is 103 Å². The fraction of sp³-hybridized carbons (Fsp3) is 1.00. The minimum absolute atomic E-state index is 0.633. The average molecular weight is 267 g/mol. The van der Waals surface area contributed by atoms with Gasteiger partial charge in [0, 0.05) is 6.61 Å². The third kappa shape index (κ3) is 9.53. The molecule has 0 spiro atoms. The molecule has 0 amide bonds. The van der Waals surface area contributed by atoms with Crippen LogP contribution in [0.1, 0.15) is 20.8 Å². The van der Waals surface area contributed by atoms with E-state index in [1.54, 1.807) is 0 Å². The van der Waals surface area contributed by atoms with Crippen molar-refractivity contribution in [3.8, 4) is 0 Å². The van der Waals surface area contributed by atoms with Crippen molar-refractivity contribution in [1.82, 2.24) is 0 Å². The molecule has 0 rings (SSSR count). The molecule has 0 aliphatic carbocycles. The fourth-order valence-electron chi connectivity index (χ4n) is 0.744. The zero-order valence-electron chi connectivity index (χ0n) is 12.3. The number of hydrogen-bond acceptors (Lipinski definition) is 3. The molecule has 0 radical (unpaired) electrons. The Hall–Kier alpha value is 0.314. The lowest BCUT2D eigenvalue weighted by Crippen LogP contribution is -2.54. The van der Waals surface area contributed by atoms with Crippen LogP contribution in [0.15, 0.2) is 0 Å². The van der Waals surface area contributed by atoms with Gasteiger partial charge in [0.15, 0.2) is 7.83 Å². The van der Waals surface area contributed by atoms with E-state index in [1.165, 1.54) is 0 Å². The average Bonchev–Trinajstić information content (AvgIpc) is 2.14. The SMILES string of the molecule is CCOOCC.CCO[Si](C)(C)[Si](C)(C)C. The first-order valence-corrected chi connectivity index (χ1v) is 13.5. The Bertz CT molecular complexity index is 152. The molecule has 0 bridgehead atoms. The van der Waals surface area contributed by atoms with Crippen LogP contribution in [0.25, 0.3) is 0 Å². The smallest absolute Gasteiger partial charge is 0.173 e. The van der Waals surface area contributed by atoms with E-state index in [4.69, 9.17) is 4.43 Å². The summed E-state index contributed by atoms with van der Waals surface area (Å²) in [6, 6.07) is 0. The van der Waals surface area contributed by atoms with Crippen molar-refractivity contribution >= 4 is 15.4 Å². The second-order valence-electron chi connectivity index (χ2n) is 5.01. The van der Waals surface area contributed by atoms with Crippen LogP contribution in [0.3, 0.4) is 0 Å². The standard InChI is InChI=1S/C7H20OSi2.C4H10O2/c1-7-8-10(5,6)9(2,3)4;1-3-5-6-4-2/h7H2,1-6H3;3-4H2,1-2H3. The van der Waals surface area contributed by atoms with Gasteiger partial charge >= 0.3 is 0 Å². The minimum Gasteiger partial charge on any atom is -0.420 e. The number of rotatable bonds is 6. The van der Waals surface area contributed by atoms with Crippen molar-refractivity contribution in [3.05, 3.63) is 0 Å². The molecule has 100 valence electrons. The molecule has 0 saturated heterocycles. The van der Waals surface area contributed by atoms with Crippen molar-refractivity contribution < 1.29 is 14.2 Å². The summed E-state index contributed by atoms with van der Waals surface area (Å²) in [5.41, 5.74) is 0. The highest BCUT2D eigenvalue weighted by Crippen LogP contribution is 2.19. The maximum absolute atomic E-state index is 5.79. The molecule has 0 aliphatic heterocycles. The molecule has 0 aromatic heterocycles. The van der Waals surface area contributed by atoms with Crippen molar-refractivity contribution in [2.45, 2.75) is 53.5 Å². The van der Waals surface area contributed by atoms with Crippen molar-refractivity contribution in [3.63, 3.8) is 0 Å². The van der Waals surface area contributed by atoms with E-state index in [1.807, 2.05) is 13.8 Å². The van der Waals surface area contributed by atoms with E-state index in [9.17, 15) is 0 Å². The van der Waals surface area contributed by atoms with Crippen LogP contribution in [0.5, 0.6) is 0 Å². The largest absolute Gasteiger partial charge is 0.420 e. The summed E-state index contributed by atoms with van der Waals surface area (Å²) < 4.78 is 5.79. The maximum atomic E-state index is 5.79. The summed E-state index contributed by atoms with van der Waals surface area (Å²) >= 11 is 0. The molecule has 0 fully saturated rings. The Morgan fingerprint density at radius 2 is 1.06 bits per heavy atom. The monoisotopic (exact) mass is 266 g/mol. The first kappa shape index (κ1) is 18.7. The van der Waals surface area contributed by atoms with E-state index in [2.05, 4.69) is 49.4 Å². The molecular formula is C11H30O3Si2. The minimum atomic E-state index is -1.27. The van der Waals surface area contributed by atoms with Crippen LogP contribution in [-0.4, -0.2) is 35.2 Å². The molecule has 0 N–H and O–H groups in total. The van der Waals surface area contributed by atoms with Crippen LogP contribution in [-0.2, 0) is 14.2 Å². The van der Waals surface area contributed by atoms with Gasteiger partial charge in [0.1, 0.15) is 0 Å². The normalized spacial score (nSPS) is 12.0. The van der Waals surface area contributed by atoms with Crippen molar-refractivity contribution in [1.29, 1.82) is 0 Å². The highest BCUT2D eigenvalue weighted by molar-refractivity contribution is 7.37. The van der Waals surface area contributed by atoms with Gasteiger partial charge in [0.05, 0.1) is 20.8 Å². The van der Waals surface area contributed by atoms with Gasteiger partial charge in [-0.3, -0.25) is 0 Å². The summed E-state index contributed by atoms with van der Waals surface area (Å²) in [7, 11) is -2.26. The fourth-order valence-corrected chi connectivity index (χ4v) is 3.63. The lowest BCUT2D eigenvalue weighted by atomic mass is 10.9. The van der Waals surface area contributed by atoms with Crippen LogP contribution >= 0.6 is 0 Å². The summed E-state index contributed by atoms with van der Waals surface area (Å²) in [5.74, 6) is 0. The molecule has 0 heterocycles. The molecule has 0 atom stereocenters. The molecule has 0 aromatic carbocycles. The van der Waals surface area contributed by atoms with Gasteiger partial charge in [-0.15, -0.1) is 0 Å². The highest BCUT2D eigenvalue weighted by atomic mass is 29.3. The Kier molecular flexibility index (Phi) is 10.9. The molecule has 0 saturated carbocycles. The third-order valence-electron chi connectivity index (χ3n) is 2.63. The molecule has 3 nitrogen and oxygen atoms in total. The molecule has 0 unspecified atom stereocenters. The molecular weight excluding hydrogens is 236 g/mol. The first-order valence-electron chi connectivity index (χ1n) is 6.11. The predicted octanol–water partition coefficient (Wildman–Crippen LogP) is 3.62. The van der Waals surface area contributed by atoms with Gasteiger partial charge in [-0.1, -0.05) is 19.6 Å². The second-order valence-corrected chi connectivity index (χ2v) is 20.9. The zero-order chi connectivity index (χ0) is 13.2. The predicted molar refractivity (Wildman–Crippen MR) is 75.7 cm³/mol. The summed E-state index contributed by atoms with van der Waals surface area (Å²) in [6.07, 6.45) is 0. The first-order chi connectivity index (χ1) is 7.22. The van der Waals surface area contributed by atoms with Crippen molar-refractivity contribution in [2.24, 2.45) is 0 Å². The van der Waals surface area contributed by atoms with Crippen LogP contribution in [0, 0.1) is 0 Å². The van der Waals surface area contributed by atoms with Gasteiger partial charge < -0.3 is 4.43 Å². The summed E-state index contributed by atoms with van der Waals surface area (Å²) in [4.78, 5) is 8.97. The topological polar surface area (TPSA) is 27.7 Å². The quantitative estimate of drug-likeness (QED) is 0.318. The van der Waals surface area contributed by atoms with Gasteiger partial charge in [-0.2, -0.15) is 0 Å². The summed E-state index contributed by atoms with van der Waals surface area (Å²) in [5, 5.41) is 0. The summed E-state index contributed by atoms with van der Waals surface area (Å²) in [6.45, 7) is 19.9. The van der Waals surface area contributed by atoms with Gasteiger partial charge in [0.2, 0.25) is 0 Å². The Morgan fingerprint density at radius 3 is 1.19 bits per heavy atom. The van der Waals surface area contributed by atoms with E-state index in [0.29, 0.717) is 13.2 Å². The van der Waals surface area contributed by atoms with E-state index >= 15 is 0 Å². The highest BCUT2D eigenvalue weighted by Gasteiger charge is 2.38. The lowest BCUT2D eigenvalue weighted by molar-refractivity contribution is -0.287. The van der Waals surface area contributed by atoms with Gasteiger partial charge in [0.25, 0.3) is 0 Å². The molecule has 0 aromatic rings. The molecule has 16 heavy (non-hydrogen) atoms. The lowest BCUT2D eigenvalue weighted by Gasteiger charge is -2.34. The number of hydrogen-bond donors (Lipinski definition) is 0. The Morgan fingerprint density at radius 1 is 0.688 bits per heavy atom. The zero-order valence-corrected chi connectivity index (χ0v) is 14.3. The van der Waals surface area contributed by atoms with E-state index < -0.39 is 15.4 Å². The molecule has 5 heteroatoms. The van der Waals surface area contributed by atoms with Gasteiger partial charge in [-0.25, -0.2) is 9.78 Å². The molecule has 0 aliphatic rings. The van der Waals surface area contributed by atoms with E-state index in [-0.39, 0.29) is 0 Å². The van der Waals surface area contributed by atoms with Gasteiger partial charge in [-0.05, 0) is 33.9 Å².